The summed E-state index contributed by atoms with van der Waals surface area (Å²) >= 11 is 0. The van der Waals surface area contributed by atoms with Gasteiger partial charge >= 0.3 is 11.9 Å². The van der Waals surface area contributed by atoms with E-state index in [0.717, 1.165) is 15.0 Å². The lowest BCUT2D eigenvalue weighted by atomic mass is 10.1. The number of nitrogens with one attached hydrogen (secondary N) is 3. The normalized spacial score (nSPS) is 18.6. The summed E-state index contributed by atoms with van der Waals surface area (Å²) in [5.74, 6) is -3.44. The fourth-order valence-electron chi connectivity index (χ4n) is 4.49. The molecule has 2 saturated heterocycles. The van der Waals surface area contributed by atoms with Crippen molar-refractivity contribution in [2.24, 2.45) is 0 Å². The van der Waals surface area contributed by atoms with Gasteiger partial charge in [0.25, 0.3) is 5.78 Å². The van der Waals surface area contributed by atoms with Crippen LogP contribution in [0.1, 0.15) is 43.0 Å². The lowest BCUT2D eigenvalue weighted by Crippen LogP contribution is -2.65. The number of aromatic amines is 1. The number of fused-ring (bicyclic) bond motifs is 2. The number of para-hydroxylation sites is 1. The van der Waals surface area contributed by atoms with Crippen molar-refractivity contribution < 1.29 is 33.6 Å². The van der Waals surface area contributed by atoms with Crippen LogP contribution < -0.4 is 10.7 Å². The number of hydrazine groups is 2. The first-order valence-corrected chi connectivity index (χ1v) is 11.8. The Kier molecular flexibility index (Phi) is 7.32. The molecule has 2 atom stereocenters. The number of amides is 5. The zero-order valence-corrected chi connectivity index (χ0v) is 20.1. The largest absolute Gasteiger partial charge is 0.360 e. The Morgan fingerprint density at radius 1 is 1.16 bits per heavy atom. The number of aldehydes is 1. The molecule has 3 heterocycles. The number of benzene rings is 1. The van der Waals surface area contributed by atoms with Crippen molar-refractivity contribution in [3.63, 3.8) is 0 Å². The zero-order chi connectivity index (χ0) is 26.7. The van der Waals surface area contributed by atoms with Gasteiger partial charge in [0.05, 0.1) is 18.2 Å². The van der Waals surface area contributed by atoms with E-state index in [2.05, 4.69) is 15.7 Å². The minimum Gasteiger partial charge on any atom is -0.360 e. The molecule has 1 aromatic heterocycles. The van der Waals surface area contributed by atoms with Crippen LogP contribution in [0.5, 0.6) is 0 Å². The van der Waals surface area contributed by atoms with Crippen molar-refractivity contribution in [1.82, 2.24) is 30.8 Å². The molecule has 2 aliphatic heterocycles. The Morgan fingerprint density at radius 3 is 2.65 bits per heavy atom. The highest BCUT2D eigenvalue weighted by molar-refractivity contribution is 6.45. The van der Waals surface area contributed by atoms with Crippen molar-refractivity contribution in [1.29, 1.82) is 0 Å². The summed E-state index contributed by atoms with van der Waals surface area (Å²) in [7, 11) is 0. The average Bonchev–Trinajstić information content (AvgIpc) is 3.28. The highest BCUT2D eigenvalue weighted by atomic mass is 16.2. The highest BCUT2D eigenvalue weighted by Crippen LogP contribution is 2.24. The molecule has 0 aliphatic carbocycles. The van der Waals surface area contributed by atoms with Crippen LogP contribution in [-0.2, 0) is 24.0 Å². The lowest BCUT2D eigenvalue weighted by Gasteiger charge is -2.42. The molecule has 5 amide bonds. The molecule has 37 heavy (non-hydrogen) atoms. The molecule has 0 radical (unpaired) electrons. The second-order valence-electron chi connectivity index (χ2n) is 8.88. The first-order chi connectivity index (χ1) is 17.7. The SMILES string of the molecule is CC(=O)C[C@@H](C=O)NC(=O)[C@@H]1CCCN2C(=O)CCN(NC(=O)C(=O)c3c[nH]c4ccccc34)C(=O)N12. The smallest absolute Gasteiger partial charge is 0.358 e. The van der Waals surface area contributed by atoms with Crippen LogP contribution in [0.3, 0.4) is 0 Å². The molecule has 3 N–H and O–H groups in total. The molecule has 194 valence electrons. The number of carbonyl (C=O) groups is 7. The molecule has 13 nitrogen and oxygen atoms in total. The fourth-order valence-corrected chi connectivity index (χ4v) is 4.49. The van der Waals surface area contributed by atoms with Crippen molar-refractivity contribution in [3.8, 4) is 0 Å². The van der Waals surface area contributed by atoms with Gasteiger partial charge in [-0.3, -0.25) is 29.4 Å². The summed E-state index contributed by atoms with van der Waals surface area (Å²) in [5.41, 5.74) is 3.06. The van der Waals surface area contributed by atoms with E-state index >= 15 is 0 Å². The van der Waals surface area contributed by atoms with Crippen LogP contribution >= 0.6 is 0 Å². The summed E-state index contributed by atoms with van der Waals surface area (Å²) in [6.45, 7) is 1.24. The first kappa shape index (κ1) is 25.5. The second-order valence-corrected chi connectivity index (χ2v) is 8.88. The number of hydrogen-bond donors (Lipinski definition) is 3. The Labute approximate surface area is 211 Å². The molecular weight excluding hydrogens is 484 g/mol. The van der Waals surface area contributed by atoms with Crippen molar-refractivity contribution >= 4 is 52.5 Å². The topological polar surface area (TPSA) is 169 Å². The maximum Gasteiger partial charge on any atom is 0.358 e. The van der Waals surface area contributed by atoms with Crippen LogP contribution in [0.25, 0.3) is 10.9 Å². The monoisotopic (exact) mass is 510 g/mol. The van der Waals surface area contributed by atoms with E-state index in [9.17, 15) is 33.6 Å². The number of carbonyl (C=O) groups excluding carboxylic acids is 7. The molecular formula is C24H26N6O7. The van der Waals surface area contributed by atoms with Crippen LogP contribution in [0, 0.1) is 0 Å². The predicted octanol–water partition coefficient (Wildman–Crippen LogP) is 0.0783. The molecule has 4 rings (SSSR count). The Bertz CT molecular complexity index is 1290. The molecule has 13 heteroatoms. The van der Waals surface area contributed by atoms with E-state index < -0.39 is 41.6 Å². The quantitative estimate of drug-likeness (QED) is 0.257. The molecule has 0 saturated carbocycles. The Morgan fingerprint density at radius 2 is 1.92 bits per heavy atom. The van der Waals surface area contributed by atoms with Gasteiger partial charge in [0.2, 0.25) is 11.8 Å². The van der Waals surface area contributed by atoms with E-state index in [0.29, 0.717) is 23.6 Å². The van der Waals surface area contributed by atoms with E-state index in [-0.39, 0.29) is 43.7 Å². The lowest BCUT2D eigenvalue weighted by molar-refractivity contribution is -0.155. The van der Waals surface area contributed by atoms with Crippen LogP contribution in [0.15, 0.2) is 30.5 Å². The van der Waals surface area contributed by atoms with E-state index in [1.165, 1.54) is 13.1 Å². The summed E-state index contributed by atoms with van der Waals surface area (Å²) in [6.07, 6.45) is 2.06. The summed E-state index contributed by atoms with van der Waals surface area (Å²) in [6, 6.07) is 3.79. The number of urea groups is 1. The van der Waals surface area contributed by atoms with Gasteiger partial charge in [-0.25, -0.2) is 19.8 Å². The van der Waals surface area contributed by atoms with E-state index in [1.807, 2.05) is 0 Å². The molecule has 1 aromatic carbocycles. The van der Waals surface area contributed by atoms with E-state index in [4.69, 9.17) is 0 Å². The first-order valence-electron chi connectivity index (χ1n) is 11.8. The highest BCUT2D eigenvalue weighted by Gasteiger charge is 2.44. The number of ketones is 2. The third-order valence-electron chi connectivity index (χ3n) is 6.25. The van der Waals surface area contributed by atoms with Crippen LogP contribution in [0.2, 0.25) is 0 Å². The van der Waals surface area contributed by atoms with Gasteiger partial charge in [-0.15, -0.1) is 0 Å². The van der Waals surface area contributed by atoms with Crippen molar-refractivity contribution in [3.05, 3.63) is 36.0 Å². The maximum atomic E-state index is 13.5. The molecule has 0 bridgehead atoms. The van der Waals surface area contributed by atoms with Gasteiger partial charge < -0.3 is 15.1 Å². The fraction of sp³-hybridized carbons (Fsp3) is 0.375. The third-order valence-corrected chi connectivity index (χ3v) is 6.25. The number of Topliss-reactive ketones (excluding diaryl/α,β-unsaturated/α-hetero) is 2. The van der Waals surface area contributed by atoms with E-state index in [1.54, 1.807) is 24.3 Å². The number of nitrogens with zero attached hydrogens (tertiary/aromatic N) is 3. The number of aromatic nitrogens is 1. The van der Waals surface area contributed by atoms with Crippen molar-refractivity contribution in [2.75, 3.05) is 13.1 Å². The standard InChI is InChI=1S/C24H26N6O7/c1-14(32)11-15(13-31)26-22(35)19-7-4-9-29-20(33)8-10-28(24(37)30(19)29)27-23(36)21(34)17-12-25-18-6-3-2-5-16(17)18/h2-3,5-6,12-13,15,19,25H,4,7-11H2,1H3,(H,26,35)(H,27,36)/t15-,19-/m0/s1. The van der Waals surface area contributed by atoms with Crippen molar-refractivity contribution in [2.45, 2.75) is 44.7 Å². The van der Waals surface area contributed by atoms with Gasteiger partial charge in [-0.1, -0.05) is 18.2 Å². The second kappa shape index (κ2) is 10.6. The van der Waals surface area contributed by atoms with Gasteiger partial charge in [0.1, 0.15) is 18.1 Å². The molecule has 2 aromatic rings. The molecule has 2 aliphatic rings. The predicted molar refractivity (Wildman–Crippen MR) is 127 cm³/mol. The maximum absolute atomic E-state index is 13.5. The number of hydrogen-bond acceptors (Lipinski definition) is 7. The summed E-state index contributed by atoms with van der Waals surface area (Å²) in [4.78, 5) is 90.5. The van der Waals surface area contributed by atoms with Gasteiger partial charge in [0.15, 0.2) is 0 Å². The average molecular weight is 511 g/mol. The summed E-state index contributed by atoms with van der Waals surface area (Å²) < 4.78 is 0. The minimum absolute atomic E-state index is 0.119. The third kappa shape index (κ3) is 5.20. The number of rotatable bonds is 8. The number of H-pyrrole nitrogens is 1. The van der Waals surface area contributed by atoms with Gasteiger partial charge in [-0.05, 0) is 25.8 Å². The summed E-state index contributed by atoms with van der Waals surface area (Å²) in [5, 5.41) is 5.91. The van der Waals surface area contributed by atoms with Crippen LogP contribution in [0.4, 0.5) is 4.79 Å². The van der Waals surface area contributed by atoms with Gasteiger partial charge in [-0.2, -0.15) is 0 Å². The molecule has 0 unspecified atom stereocenters. The zero-order valence-electron chi connectivity index (χ0n) is 20.1. The van der Waals surface area contributed by atoms with Gasteiger partial charge in [0, 0.05) is 36.5 Å². The molecule has 0 spiro atoms. The Balaban J connectivity index is 1.53. The Hall–Kier alpha value is -4.55. The van der Waals surface area contributed by atoms with Crippen LogP contribution in [-0.4, -0.2) is 86.8 Å². The minimum atomic E-state index is -1.17. The molecule has 2 fully saturated rings.